The molecule has 1 fully saturated rings. The first-order valence-electron chi connectivity index (χ1n) is 7.67. The van der Waals surface area contributed by atoms with Gasteiger partial charge in [-0.25, -0.2) is 0 Å². The summed E-state index contributed by atoms with van der Waals surface area (Å²) in [7, 11) is 1.83. The van der Waals surface area contributed by atoms with E-state index >= 15 is 0 Å². The van der Waals surface area contributed by atoms with Crippen molar-refractivity contribution in [1.82, 2.24) is 10.2 Å². The number of alkyl halides is 2. The molecule has 1 aliphatic rings. The minimum absolute atomic E-state index is 0. The number of benzene rings is 1. The van der Waals surface area contributed by atoms with Crippen LogP contribution in [-0.2, 0) is 0 Å². The van der Waals surface area contributed by atoms with Gasteiger partial charge >= 0.3 is 6.61 Å². The molecule has 1 atom stereocenters. The molecule has 1 unspecified atom stereocenters. The van der Waals surface area contributed by atoms with Gasteiger partial charge in [0.1, 0.15) is 5.75 Å². The van der Waals surface area contributed by atoms with Crippen LogP contribution >= 0.6 is 23.7 Å². The molecule has 0 saturated carbocycles. The van der Waals surface area contributed by atoms with Crippen molar-refractivity contribution in [3.05, 3.63) is 41.3 Å². The summed E-state index contributed by atoms with van der Waals surface area (Å²) in [4.78, 5) is 15.9. The van der Waals surface area contributed by atoms with Crippen LogP contribution in [0.4, 0.5) is 8.78 Å². The highest BCUT2D eigenvalue weighted by Crippen LogP contribution is 2.30. The largest absolute Gasteiger partial charge is 0.435 e. The Morgan fingerprint density at radius 3 is 2.60 bits per heavy atom. The highest BCUT2D eigenvalue weighted by molar-refractivity contribution is 7.17. The molecule has 1 saturated heterocycles. The second-order valence-corrected chi connectivity index (χ2v) is 6.71. The van der Waals surface area contributed by atoms with Crippen LogP contribution < -0.4 is 10.1 Å². The number of rotatable bonds is 5. The molecule has 0 spiro atoms. The van der Waals surface area contributed by atoms with E-state index in [0.717, 1.165) is 30.0 Å². The summed E-state index contributed by atoms with van der Waals surface area (Å²) in [5.41, 5.74) is 0.867. The van der Waals surface area contributed by atoms with Crippen molar-refractivity contribution >= 4 is 29.7 Å². The average molecular weight is 389 g/mol. The van der Waals surface area contributed by atoms with E-state index in [1.807, 2.05) is 19.2 Å². The van der Waals surface area contributed by atoms with Gasteiger partial charge in [-0.3, -0.25) is 4.79 Å². The van der Waals surface area contributed by atoms with Gasteiger partial charge in [-0.15, -0.1) is 23.7 Å². The normalized spacial score (nSPS) is 16.6. The van der Waals surface area contributed by atoms with Gasteiger partial charge in [0.2, 0.25) is 0 Å². The first-order valence-corrected chi connectivity index (χ1v) is 8.49. The van der Waals surface area contributed by atoms with E-state index in [1.54, 1.807) is 17.0 Å². The number of hydrogen-bond acceptors (Lipinski definition) is 4. The van der Waals surface area contributed by atoms with E-state index in [2.05, 4.69) is 10.1 Å². The molecule has 0 radical (unpaired) electrons. The number of halogens is 3. The number of carbonyl (C=O) groups is 1. The molecule has 1 aliphatic heterocycles. The van der Waals surface area contributed by atoms with Crippen LogP contribution in [0.15, 0.2) is 36.4 Å². The lowest BCUT2D eigenvalue weighted by atomic mass is 10.2. The Kier molecular flexibility index (Phi) is 6.75. The van der Waals surface area contributed by atoms with Crippen LogP contribution in [0, 0.1) is 0 Å². The molecular weight excluding hydrogens is 370 g/mol. The number of amides is 1. The van der Waals surface area contributed by atoms with Crippen LogP contribution in [0.5, 0.6) is 5.75 Å². The Morgan fingerprint density at radius 2 is 2.00 bits per heavy atom. The zero-order valence-electron chi connectivity index (χ0n) is 13.6. The maximum absolute atomic E-state index is 12.6. The lowest BCUT2D eigenvalue weighted by molar-refractivity contribution is -0.0498. The van der Waals surface area contributed by atoms with Crippen LogP contribution in [0.1, 0.15) is 16.1 Å². The predicted octanol–water partition coefficient (Wildman–Crippen LogP) is 3.87. The topological polar surface area (TPSA) is 41.6 Å². The van der Waals surface area contributed by atoms with Crippen molar-refractivity contribution in [2.75, 3.05) is 20.1 Å². The van der Waals surface area contributed by atoms with E-state index in [1.165, 1.54) is 23.5 Å². The predicted molar refractivity (Wildman–Crippen MR) is 97.0 cm³/mol. The molecule has 8 heteroatoms. The number of thiophene rings is 1. The van der Waals surface area contributed by atoms with Crippen LogP contribution in [0.25, 0.3) is 10.4 Å². The highest BCUT2D eigenvalue weighted by atomic mass is 35.5. The molecule has 1 aromatic heterocycles. The minimum Gasteiger partial charge on any atom is -0.435 e. The number of ether oxygens (including phenoxy) is 1. The van der Waals surface area contributed by atoms with Gasteiger partial charge in [0.15, 0.2) is 0 Å². The third-order valence-electron chi connectivity index (χ3n) is 4.08. The number of nitrogens with zero attached hydrogens (tertiary/aromatic N) is 1. The number of nitrogens with one attached hydrogen (secondary N) is 1. The first-order chi connectivity index (χ1) is 11.5. The number of hydrogen-bond donors (Lipinski definition) is 1. The van der Waals surface area contributed by atoms with Crippen molar-refractivity contribution < 1.29 is 18.3 Å². The van der Waals surface area contributed by atoms with Crippen LogP contribution in [-0.4, -0.2) is 43.6 Å². The second kappa shape index (κ2) is 8.60. The molecule has 1 aromatic carbocycles. The third-order valence-corrected chi connectivity index (χ3v) is 5.21. The standard InChI is InChI=1S/C17H18F2N2O2S.ClH/c1-21(12-8-9-20-10-12)16(22)15-7-6-14(24-15)11-2-4-13(5-3-11)23-17(18)19;/h2-7,12,17,20H,8-10H2,1H3;1H. The Hall–Kier alpha value is -1.70. The first kappa shape index (κ1) is 19.6. The summed E-state index contributed by atoms with van der Waals surface area (Å²) in [5, 5.41) is 3.25. The highest BCUT2D eigenvalue weighted by Gasteiger charge is 2.25. The fourth-order valence-corrected chi connectivity index (χ4v) is 3.71. The lowest BCUT2D eigenvalue weighted by Gasteiger charge is -2.22. The van der Waals surface area contributed by atoms with Crippen molar-refractivity contribution in [2.45, 2.75) is 19.1 Å². The average Bonchev–Trinajstić information content (AvgIpc) is 3.25. The van der Waals surface area contributed by atoms with Gasteiger partial charge in [-0.2, -0.15) is 8.78 Å². The van der Waals surface area contributed by atoms with Gasteiger partial charge in [0, 0.05) is 24.5 Å². The Morgan fingerprint density at radius 1 is 1.28 bits per heavy atom. The smallest absolute Gasteiger partial charge is 0.387 e. The van der Waals surface area contributed by atoms with Crippen molar-refractivity contribution in [1.29, 1.82) is 0 Å². The van der Waals surface area contributed by atoms with Crippen molar-refractivity contribution in [3.8, 4) is 16.2 Å². The zero-order valence-corrected chi connectivity index (χ0v) is 15.2. The minimum atomic E-state index is -2.83. The summed E-state index contributed by atoms with van der Waals surface area (Å²) in [6, 6.07) is 10.3. The maximum atomic E-state index is 12.6. The fraction of sp³-hybridized carbons (Fsp3) is 0.353. The molecule has 0 bridgehead atoms. The quantitative estimate of drug-likeness (QED) is 0.845. The molecular formula is C17H19ClF2N2O2S. The molecule has 2 aromatic rings. The van der Waals surface area contributed by atoms with Crippen LogP contribution in [0.3, 0.4) is 0 Å². The summed E-state index contributed by atoms with van der Waals surface area (Å²) >= 11 is 1.40. The summed E-state index contributed by atoms with van der Waals surface area (Å²) in [6.07, 6.45) is 0.964. The fourth-order valence-electron chi connectivity index (χ4n) is 2.72. The van der Waals surface area contributed by atoms with E-state index < -0.39 is 6.61 Å². The van der Waals surface area contributed by atoms with E-state index in [0.29, 0.717) is 4.88 Å². The Labute approximate surface area is 155 Å². The monoisotopic (exact) mass is 388 g/mol. The van der Waals surface area contributed by atoms with E-state index in [4.69, 9.17) is 0 Å². The van der Waals surface area contributed by atoms with Gasteiger partial charge < -0.3 is 15.0 Å². The van der Waals surface area contributed by atoms with Crippen molar-refractivity contribution in [2.24, 2.45) is 0 Å². The molecule has 1 amide bonds. The summed E-state index contributed by atoms with van der Waals surface area (Å²) in [6.45, 7) is -1.07. The van der Waals surface area contributed by atoms with Gasteiger partial charge in [-0.1, -0.05) is 0 Å². The molecule has 1 N–H and O–H groups in total. The molecule has 0 aliphatic carbocycles. The third kappa shape index (κ3) is 4.68. The summed E-state index contributed by atoms with van der Waals surface area (Å²) < 4.78 is 28.7. The molecule has 2 heterocycles. The number of likely N-dealkylation sites (N-methyl/N-ethyl adjacent to an activating group) is 1. The zero-order chi connectivity index (χ0) is 17.1. The van der Waals surface area contributed by atoms with Crippen LogP contribution in [0.2, 0.25) is 0 Å². The molecule has 25 heavy (non-hydrogen) atoms. The molecule has 136 valence electrons. The van der Waals surface area contributed by atoms with Crippen molar-refractivity contribution in [3.63, 3.8) is 0 Å². The van der Waals surface area contributed by atoms with E-state index in [9.17, 15) is 13.6 Å². The lowest BCUT2D eigenvalue weighted by Crippen LogP contribution is -2.37. The van der Waals surface area contributed by atoms with E-state index in [-0.39, 0.29) is 30.1 Å². The SMILES string of the molecule is CN(C(=O)c1ccc(-c2ccc(OC(F)F)cc2)s1)C1CCNC1.Cl. The molecule has 4 nitrogen and oxygen atoms in total. The molecule has 3 rings (SSSR count). The second-order valence-electron chi connectivity index (χ2n) is 5.63. The van der Waals surface area contributed by atoms with Gasteiger partial charge in [0.05, 0.1) is 4.88 Å². The Bertz CT molecular complexity index is 703. The maximum Gasteiger partial charge on any atom is 0.387 e. The van der Waals surface area contributed by atoms with Gasteiger partial charge in [-0.05, 0) is 54.9 Å². The Balaban J connectivity index is 0.00000225. The van der Waals surface area contributed by atoms with Gasteiger partial charge in [0.25, 0.3) is 5.91 Å². The summed E-state index contributed by atoms with van der Waals surface area (Å²) in [5.74, 6) is 0.132. The number of carbonyl (C=O) groups excluding carboxylic acids is 1.